The number of anilines is 1. The van der Waals surface area contributed by atoms with Gasteiger partial charge in [0.05, 0.1) is 5.69 Å². The maximum Gasteiger partial charge on any atom is 0.0594 e. The van der Waals surface area contributed by atoms with Gasteiger partial charge >= 0.3 is 0 Å². The Morgan fingerprint density at radius 1 is 1.25 bits per heavy atom. The van der Waals surface area contributed by atoms with Gasteiger partial charge in [0.2, 0.25) is 0 Å². The standard InChI is InChI=1S/C10H12N2/c1-9-3-5-10(6-4-9)12-8-2-7-11-12/h3-7H,2,8H2,1H3. The van der Waals surface area contributed by atoms with Gasteiger partial charge in [-0.25, -0.2) is 0 Å². The average Bonchev–Trinajstić information content (AvgIpc) is 2.58. The van der Waals surface area contributed by atoms with Crippen LogP contribution in [0.1, 0.15) is 12.0 Å². The van der Waals surface area contributed by atoms with Crippen molar-refractivity contribution >= 4 is 11.9 Å². The number of hydrogen-bond acceptors (Lipinski definition) is 2. The molecule has 0 aliphatic carbocycles. The first kappa shape index (κ1) is 7.35. The molecular formula is C10H12N2. The molecule has 2 heteroatoms. The number of hydrogen-bond donors (Lipinski definition) is 0. The van der Waals surface area contributed by atoms with Crippen LogP contribution in [0.5, 0.6) is 0 Å². The Morgan fingerprint density at radius 3 is 2.58 bits per heavy atom. The molecule has 0 fully saturated rings. The number of hydrazone groups is 1. The summed E-state index contributed by atoms with van der Waals surface area (Å²) in [5.74, 6) is 0. The Balaban J connectivity index is 2.23. The van der Waals surface area contributed by atoms with Crippen LogP contribution in [0.25, 0.3) is 0 Å². The van der Waals surface area contributed by atoms with E-state index in [0.29, 0.717) is 0 Å². The zero-order valence-electron chi connectivity index (χ0n) is 7.20. The van der Waals surface area contributed by atoms with Gasteiger partial charge in [-0.05, 0) is 19.1 Å². The molecule has 0 bridgehead atoms. The van der Waals surface area contributed by atoms with Gasteiger partial charge in [0.15, 0.2) is 0 Å². The first-order valence-electron chi connectivity index (χ1n) is 4.23. The van der Waals surface area contributed by atoms with Crippen molar-refractivity contribution in [1.29, 1.82) is 0 Å². The van der Waals surface area contributed by atoms with Crippen LogP contribution in [-0.2, 0) is 0 Å². The minimum atomic E-state index is 1.02. The minimum Gasteiger partial charge on any atom is -0.266 e. The fourth-order valence-electron chi connectivity index (χ4n) is 1.31. The lowest BCUT2D eigenvalue weighted by Gasteiger charge is -2.13. The number of nitrogens with zero attached hydrogens (tertiary/aromatic N) is 2. The molecule has 1 aliphatic rings. The van der Waals surface area contributed by atoms with Crippen molar-refractivity contribution in [3.05, 3.63) is 29.8 Å². The molecule has 1 heterocycles. The van der Waals surface area contributed by atoms with Crippen LogP contribution >= 0.6 is 0 Å². The molecule has 0 saturated heterocycles. The fraction of sp³-hybridized carbons (Fsp3) is 0.300. The van der Waals surface area contributed by atoms with Crippen LogP contribution in [0.2, 0.25) is 0 Å². The summed E-state index contributed by atoms with van der Waals surface area (Å²) in [7, 11) is 0. The van der Waals surface area contributed by atoms with E-state index in [-0.39, 0.29) is 0 Å². The van der Waals surface area contributed by atoms with E-state index < -0.39 is 0 Å². The molecule has 2 rings (SSSR count). The number of aryl methyl sites for hydroxylation is 1. The fourth-order valence-corrected chi connectivity index (χ4v) is 1.31. The van der Waals surface area contributed by atoms with Crippen molar-refractivity contribution in [2.45, 2.75) is 13.3 Å². The van der Waals surface area contributed by atoms with Crippen molar-refractivity contribution in [3.8, 4) is 0 Å². The summed E-state index contributed by atoms with van der Waals surface area (Å²) in [6.45, 7) is 3.11. The van der Waals surface area contributed by atoms with Crippen LogP contribution in [0.3, 0.4) is 0 Å². The summed E-state index contributed by atoms with van der Waals surface area (Å²) < 4.78 is 0. The Bertz CT molecular complexity index is 287. The van der Waals surface area contributed by atoms with Crippen molar-refractivity contribution in [1.82, 2.24) is 0 Å². The largest absolute Gasteiger partial charge is 0.266 e. The molecule has 12 heavy (non-hydrogen) atoms. The summed E-state index contributed by atoms with van der Waals surface area (Å²) in [4.78, 5) is 0. The van der Waals surface area contributed by atoms with Crippen LogP contribution in [0, 0.1) is 6.92 Å². The first-order chi connectivity index (χ1) is 5.86. The predicted molar refractivity (Wildman–Crippen MR) is 51.6 cm³/mol. The predicted octanol–water partition coefficient (Wildman–Crippen LogP) is 2.19. The first-order valence-corrected chi connectivity index (χ1v) is 4.23. The van der Waals surface area contributed by atoms with E-state index in [1.807, 2.05) is 11.2 Å². The lowest BCUT2D eigenvalue weighted by molar-refractivity contribution is 0.922. The summed E-state index contributed by atoms with van der Waals surface area (Å²) in [6.07, 6.45) is 3.02. The van der Waals surface area contributed by atoms with Gasteiger partial charge in [-0.15, -0.1) is 0 Å². The van der Waals surface area contributed by atoms with E-state index in [0.717, 1.165) is 13.0 Å². The van der Waals surface area contributed by atoms with E-state index in [9.17, 15) is 0 Å². The summed E-state index contributed by atoms with van der Waals surface area (Å²) in [5.41, 5.74) is 2.48. The van der Waals surface area contributed by atoms with Crippen LogP contribution in [0.4, 0.5) is 5.69 Å². The molecule has 1 aromatic carbocycles. The van der Waals surface area contributed by atoms with Gasteiger partial charge < -0.3 is 0 Å². The number of rotatable bonds is 1. The lowest BCUT2D eigenvalue weighted by Crippen LogP contribution is -2.11. The molecule has 0 aromatic heterocycles. The summed E-state index contributed by atoms with van der Waals surface area (Å²) >= 11 is 0. The second-order valence-corrected chi connectivity index (χ2v) is 3.05. The highest BCUT2D eigenvalue weighted by atomic mass is 15.5. The van der Waals surface area contributed by atoms with E-state index in [4.69, 9.17) is 0 Å². The normalized spacial score (nSPS) is 15.6. The molecule has 2 nitrogen and oxygen atoms in total. The maximum atomic E-state index is 4.24. The van der Waals surface area contributed by atoms with Crippen molar-refractivity contribution in [2.75, 3.05) is 11.6 Å². The Hall–Kier alpha value is -1.31. The quantitative estimate of drug-likeness (QED) is 0.615. The van der Waals surface area contributed by atoms with Crippen LogP contribution < -0.4 is 5.01 Å². The zero-order valence-corrected chi connectivity index (χ0v) is 7.20. The highest BCUT2D eigenvalue weighted by Gasteiger charge is 2.06. The van der Waals surface area contributed by atoms with Crippen molar-refractivity contribution in [2.24, 2.45) is 5.10 Å². The maximum absolute atomic E-state index is 4.24. The van der Waals surface area contributed by atoms with E-state index in [1.54, 1.807) is 0 Å². The van der Waals surface area contributed by atoms with Crippen molar-refractivity contribution in [3.63, 3.8) is 0 Å². The molecule has 0 amide bonds. The molecule has 0 atom stereocenters. The highest BCUT2D eigenvalue weighted by Crippen LogP contribution is 2.17. The Kier molecular flexibility index (Phi) is 1.82. The van der Waals surface area contributed by atoms with E-state index in [1.165, 1.54) is 11.3 Å². The third-order valence-corrected chi connectivity index (χ3v) is 2.02. The van der Waals surface area contributed by atoms with Gasteiger partial charge in [-0.3, -0.25) is 5.01 Å². The SMILES string of the molecule is Cc1ccc(N2CCC=N2)cc1. The third-order valence-electron chi connectivity index (χ3n) is 2.02. The second kappa shape index (κ2) is 2.97. The smallest absolute Gasteiger partial charge is 0.0594 e. The molecule has 0 unspecified atom stereocenters. The van der Waals surface area contributed by atoms with E-state index >= 15 is 0 Å². The summed E-state index contributed by atoms with van der Waals surface area (Å²) in [5, 5.41) is 6.27. The molecular weight excluding hydrogens is 148 g/mol. The van der Waals surface area contributed by atoms with Crippen LogP contribution in [0.15, 0.2) is 29.4 Å². The van der Waals surface area contributed by atoms with Gasteiger partial charge in [0.25, 0.3) is 0 Å². The minimum absolute atomic E-state index is 1.02. The van der Waals surface area contributed by atoms with Crippen molar-refractivity contribution < 1.29 is 0 Å². The Labute approximate surface area is 72.5 Å². The zero-order chi connectivity index (χ0) is 8.39. The molecule has 0 saturated carbocycles. The molecule has 1 aromatic rings. The third kappa shape index (κ3) is 1.33. The molecule has 0 spiro atoms. The number of benzene rings is 1. The van der Waals surface area contributed by atoms with Gasteiger partial charge in [0.1, 0.15) is 0 Å². The molecule has 62 valence electrons. The van der Waals surface area contributed by atoms with Crippen LogP contribution in [-0.4, -0.2) is 12.8 Å². The second-order valence-electron chi connectivity index (χ2n) is 3.05. The topological polar surface area (TPSA) is 15.6 Å². The lowest BCUT2D eigenvalue weighted by atomic mass is 10.2. The van der Waals surface area contributed by atoms with Gasteiger partial charge in [0, 0.05) is 19.2 Å². The molecule has 0 radical (unpaired) electrons. The van der Waals surface area contributed by atoms with Gasteiger partial charge in [-0.2, -0.15) is 5.10 Å². The Morgan fingerprint density at radius 2 is 2.00 bits per heavy atom. The van der Waals surface area contributed by atoms with E-state index in [2.05, 4.69) is 36.3 Å². The molecule has 1 aliphatic heterocycles. The monoisotopic (exact) mass is 160 g/mol. The summed E-state index contributed by atoms with van der Waals surface area (Å²) in [6, 6.07) is 8.45. The molecule has 0 N–H and O–H groups in total. The van der Waals surface area contributed by atoms with Gasteiger partial charge in [-0.1, -0.05) is 17.7 Å². The average molecular weight is 160 g/mol. The highest BCUT2D eigenvalue weighted by molar-refractivity contribution is 5.65.